The summed E-state index contributed by atoms with van der Waals surface area (Å²) in [6.07, 6.45) is 2.21. The maximum absolute atomic E-state index is 12.6. The number of ether oxygens (including phenoxy) is 1. The Morgan fingerprint density at radius 1 is 1.15 bits per heavy atom. The number of rotatable bonds is 3. The van der Waals surface area contributed by atoms with Gasteiger partial charge in [-0.3, -0.25) is 4.79 Å². The van der Waals surface area contributed by atoms with Crippen molar-refractivity contribution in [2.45, 2.75) is 13.0 Å². The molecule has 0 N–H and O–H groups in total. The van der Waals surface area contributed by atoms with Crippen LogP contribution in [0.2, 0.25) is 10.0 Å². The zero-order valence-electron chi connectivity index (χ0n) is 13.8. The average molecular weight is 388 g/mol. The Kier molecular flexibility index (Phi) is 4.66. The lowest BCUT2D eigenvalue weighted by atomic mass is 10.00. The molecule has 132 valence electrons. The molecule has 5 nitrogen and oxygen atoms in total. The van der Waals surface area contributed by atoms with Crippen LogP contribution in [-0.4, -0.2) is 33.9 Å². The Bertz CT molecular complexity index is 994. The molecule has 0 saturated heterocycles. The standard InChI is InChI=1S/C19H15Cl2N3O2/c20-14-7-15-18(16(21)8-14)22-11-23-19(15)26-10-17(25)24-6-5-12-3-1-2-4-13(12)9-24/h1-4,7-8,11H,5-6,9-10H2. The number of amides is 1. The van der Waals surface area contributed by atoms with E-state index in [4.69, 9.17) is 27.9 Å². The molecule has 2 heterocycles. The molecule has 3 aromatic rings. The summed E-state index contributed by atoms with van der Waals surface area (Å²) in [7, 11) is 0. The van der Waals surface area contributed by atoms with Crippen molar-refractivity contribution < 1.29 is 9.53 Å². The largest absolute Gasteiger partial charge is 0.467 e. The summed E-state index contributed by atoms with van der Waals surface area (Å²) in [5, 5.41) is 1.46. The van der Waals surface area contributed by atoms with Crippen molar-refractivity contribution in [1.82, 2.24) is 14.9 Å². The molecular weight excluding hydrogens is 373 g/mol. The van der Waals surface area contributed by atoms with Crippen molar-refractivity contribution >= 4 is 40.0 Å². The Labute approximate surface area is 160 Å². The Hall–Kier alpha value is -2.37. The highest BCUT2D eigenvalue weighted by Gasteiger charge is 2.21. The fraction of sp³-hybridized carbons (Fsp3) is 0.211. The van der Waals surface area contributed by atoms with Gasteiger partial charge >= 0.3 is 0 Å². The van der Waals surface area contributed by atoms with Gasteiger partial charge < -0.3 is 9.64 Å². The molecule has 4 rings (SSSR count). The van der Waals surface area contributed by atoms with Crippen molar-refractivity contribution in [2.24, 2.45) is 0 Å². The predicted molar refractivity (Wildman–Crippen MR) is 101 cm³/mol. The molecule has 26 heavy (non-hydrogen) atoms. The number of hydrogen-bond donors (Lipinski definition) is 0. The van der Waals surface area contributed by atoms with E-state index in [0.717, 1.165) is 6.42 Å². The van der Waals surface area contributed by atoms with E-state index in [9.17, 15) is 4.79 Å². The first kappa shape index (κ1) is 17.1. The van der Waals surface area contributed by atoms with Gasteiger partial charge in [-0.05, 0) is 29.7 Å². The summed E-state index contributed by atoms with van der Waals surface area (Å²) in [5.41, 5.74) is 3.02. The van der Waals surface area contributed by atoms with Crippen LogP contribution in [0.25, 0.3) is 10.9 Å². The van der Waals surface area contributed by atoms with Gasteiger partial charge in [0.05, 0.1) is 15.9 Å². The number of carbonyl (C=O) groups is 1. The van der Waals surface area contributed by atoms with E-state index in [2.05, 4.69) is 22.1 Å². The van der Waals surface area contributed by atoms with Crippen LogP contribution >= 0.6 is 23.2 Å². The third kappa shape index (κ3) is 3.32. The topological polar surface area (TPSA) is 55.3 Å². The fourth-order valence-electron chi connectivity index (χ4n) is 3.11. The Morgan fingerprint density at radius 3 is 2.81 bits per heavy atom. The third-order valence-electron chi connectivity index (χ3n) is 4.44. The second-order valence-electron chi connectivity index (χ2n) is 6.09. The number of carbonyl (C=O) groups excluding carboxylic acids is 1. The van der Waals surface area contributed by atoms with Gasteiger partial charge in [0.1, 0.15) is 6.33 Å². The molecular formula is C19H15Cl2N3O2. The number of nitrogens with zero attached hydrogens (tertiary/aromatic N) is 3. The van der Waals surface area contributed by atoms with Gasteiger partial charge in [-0.2, -0.15) is 0 Å². The van der Waals surface area contributed by atoms with Crippen LogP contribution < -0.4 is 4.74 Å². The highest BCUT2D eigenvalue weighted by molar-refractivity contribution is 6.38. The molecule has 2 aromatic carbocycles. The summed E-state index contributed by atoms with van der Waals surface area (Å²) < 4.78 is 5.67. The van der Waals surface area contributed by atoms with E-state index in [1.807, 2.05) is 12.1 Å². The van der Waals surface area contributed by atoms with Gasteiger partial charge in [0.15, 0.2) is 6.61 Å². The third-order valence-corrected chi connectivity index (χ3v) is 4.94. The quantitative estimate of drug-likeness (QED) is 0.683. The molecule has 0 bridgehead atoms. The van der Waals surface area contributed by atoms with E-state index in [0.29, 0.717) is 39.9 Å². The molecule has 0 atom stereocenters. The van der Waals surface area contributed by atoms with Crippen LogP contribution in [0.3, 0.4) is 0 Å². The van der Waals surface area contributed by atoms with Crippen LogP contribution in [0.5, 0.6) is 5.88 Å². The number of benzene rings is 2. The first-order valence-electron chi connectivity index (χ1n) is 8.19. The molecule has 1 aliphatic rings. The van der Waals surface area contributed by atoms with Crippen molar-refractivity contribution in [3.63, 3.8) is 0 Å². The minimum Gasteiger partial charge on any atom is -0.467 e. The van der Waals surface area contributed by atoms with Crippen molar-refractivity contribution in [2.75, 3.05) is 13.2 Å². The Morgan fingerprint density at radius 2 is 1.96 bits per heavy atom. The number of aromatic nitrogens is 2. The lowest BCUT2D eigenvalue weighted by Crippen LogP contribution is -2.38. The normalized spacial score (nSPS) is 13.5. The highest BCUT2D eigenvalue weighted by atomic mass is 35.5. The SMILES string of the molecule is O=C(COc1ncnc2c(Cl)cc(Cl)cc12)N1CCc2ccccc2C1. The molecule has 0 spiro atoms. The first-order chi connectivity index (χ1) is 12.6. The maximum atomic E-state index is 12.6. The van der Waals surface area contributed by atoms with Crippen molar-refractivity contribution in [3.8, 4) is 5.88 Å². The van der Waals surface area contributed by atoms with Gasteiger partial charge in [-0.1, -0.05) is 47.5 Å². The predicted octanol–water partition coefficient (Wildman–Crippen LogP) is 3.90. The van der Waals surface area contributed by atoms with Crippen LogP contribution in [0, 0.1) is 0 Å². The second kappa shape index (κ2) is 7.09. The zero-order chi connectivity index (χ0) is 18.1. The molecule has 0 radical (unpaired) electrons. The molecule has 1 aliphatic heterocycles. The Balaban J connectivity index is 1.50. The monoisotopic (exact) mass is 387 g/mol. The fourth-order valence-corrected chi connectivity index (χ4v) is 3.66. The minimum atomic E-state index is -0.0988. The number of fused-ring (bicyclic) bond motifs is 2. The summed E-state index contributed by atoms with van der Waals surface area (Å²) in [6, 6.07) is 11.5. The molecule has 0 unspecified atom stereocenters. The molecule has 0 fully saturated rings. The highest BCUT2D eigenvalue weighted by Crippen LogP contribution is 2.30. The van der Waals surface area contributed by atoms with Crippen LogP contribution in [0.15, 0.2) is 42.7 Å². The number of hydrogen-bond acceptors (Lipinski definition) is 4. The smallest absolute Gasteiger partial charge is 0.260 e. The molecule has 1 aromatic heterocycles. The summed E-state index contributed by atoms with van der Waals surface area (Å²) in [4.78, 5) is 22.6. The zero-order valence-corrected chi connectivity index (χ0v) is 15.3. The average Bonchev–Trinajstić information content (AvgIpc) is 2.65. The first-order valence-corrected chi connectivity index (χ1v) is 8.94. The van der Waals surface area contributed by atoms with Crippen LogP contribution in [-0.2, 0) is 17.8 Å². The van der Waals surface area contributed by atoms with E-state index in [1.165, 1.54) is 17.5 Å². The van der Waals surface area contributed by atoms with Crippen molar-refractivity contribution in [1.29, 1.82) is 0 Å². The van der Waals surface area contributed by atoms with E-state index in [1.54, 1.807) is 17.0 Å². The lowest BCUT2D eigenvalue weighted by Gasteiger charge is -2.28. The van der Waals surface area contributed by atoms with E-state index < -0.39 is 0 Å². The molecule has 0 aliphatic carbocycles. The van der Waals surface area contributed by atoms with Gasteiger partial charge in [-0.15, -0.1) is 0 Å². The lowest BCUT2D eigenvalue weighted by molar-refractivity contribution is -0.134. The van der Waals surface area contributed by atoms with E-state index >= 15 is 0 Å². The summed E-state index contributed by atoms with van der Waals surface area (Å²) in [5.74, 6) is 0.213. The molecule has 0 saturated carbocycles. The van der Waals surface area contributed by atoms with Crippen molar-refractivity contribution in [3.05, 3.63) is 63.9 Å². The molecule has 1 amide bonds. The van der Waals surface area contributed by atoms with Gasteiger partial charge in [0.25, 0.3) is 5.91 Å². The summed E-state index contributed by atoms with van der Waals surface area (Å²) in [6.45, 7) is 1.18. The van der Waals surface area contributed by atoms with Crippen LogP contribution in [0.4, 0.5) is 0 Å². The van der Waals surface area contributed by atoms with Crippen LogP contribution in [0.1, 0.15) is 11.1 Å². The van der Waals surface area contributed by atoms with Gasteiger partial charge in [0.2, 0.25) is 5.88 Å². The molecule has 7 heteroatoms. The maximum Gasteiger partial charge on any atom is 0.260 e. The minimum absolute atomic E-state index is 0.0839. The summed E-state index contributed by atoms with van der Waals surface area (Å²) >= 11 is 12.2. The van der Waals surface area contributed by atoms with Gasteiger partial charge in [-0.25, -0.2) is 9.97 Å². The second-order valence-corrected chi connectivity index (χ2v) is 6.93. The number of halogens is 2. The van der Waals surface area contributed by atoms with Gasteiger partial charge in [0, 0.05) is 18.1 Å². The van der Waals surface area contributed by atoms with E-state index in [-0.39, 0.29) is 12.5 Å².